The third-order valence-electron chi connectivity index (χ3n) is 4.38. The molecular formula is C15H22N4O2. The highest BCUT2D eigenvalue weighted by Crippen LogP contribution is 2.28. The van der Waals surface area contributed by atoms with Crippen LogP contribution >= 0.6 is 0 Å². The Kier molecular flexibility index (Phi) is 3.94. The van der Waals surface area contributed by atoms with Crippen molar-refractivity contribution in [3.8, 4) is 0 Å². The molecule has 0 radical (unpaired) electrons. The van der Waals surface area contributed by atoms with E-state index >= 15 is 0 Å². The molecule has 1 saturated carbocycles. The highest BCUT2D eigenvalue weighted by atomic mass is 16.2. The predicted octanol–water partition coefficient (Wildman–Crippen LogP) is 1.24. The molecule has 21 heavy (non-hydrogen) atoms. The molecule has 6 heteroatoms. The van der Waals surface area contributed by atoms with E-state index < -0.39 is 6.04 Å². The lowest BCUT2D eigenvalue weighted by molar-refractivity contribution is -0.133. The Bertz CT molecular complexity index is 534. The van der Waals surface area contributed by atoms with Crippen LogP contribution in [0.25, 0.3) is 0 Å². The smallest absolute Gasteiger partial charge is 0.245 e. The molecular weight excluding hydrogens is 268 g/mol. The van der Waals surface area contributed by atoms with Crippen molar-refractivity contribution < 1.29 is 9.59 Å². The van der Waals surface area contributed by atoms with Crippen molar-refractivity contribution in [2.24, 2.45) is 0 Å². The van der Waals surface area contributed by atoms with E-state index in [1.165, 1.54) is 25.7 Å². The molecule has 1 saturated heterocycles. The van der Waals surface area contributed by atoms with E-state index in [0.29, 0.717) is 25.6 Å². The molecule has 3 rings (SSSR count). The Morgan fingerprint density at radius 1 is 1.33 bits per heavy atom. The molecule has 1 unspecified atom stereocenters. The minimum Gasteiger partial charge on any atom is -0.345 e. The van der Waals surface area contributed by atoms with Crippen LogP contribution in [0.2, 0.25) is 0 Å². The van der Waals surface area contributed by atoms with Gasteiger partial charge < -0.3 is 10.2 Å². The third-order valence-corrected chi connectivity index (χ3v) is 4.38. The van der Waals surface area contributed by atoms with E-state index in [9.17, 15) is 9.59 Å². The van der Waals surface area contributed by atoms with E-state index in [-0.39, 0.29) is 11.8 Å². The number of nitrogens with zero attached hydrogens (tertiary/aromatic N) is 3. The summed E-state index contributed by atoms with van der Waals surface area (Å²) in [5.74, 6) is -0.0916. The lowest BCUT2D eigenvalue weighted by Crippen LogP contribution is -2.42. The van der Waals surface area contributed by atoms with Gasteiger partial charge in [-0.05, 0) is 25.8 Å². The van der Waals surface area contributed by atoms with Crippen molar-refractivity contribution >= 4 is 11.8 Å². The number of nitrogens with one attached hydrogen (secondary N) is 1. The first-order valence-electron chi connectivity index (χ1n) is 7.75. The number of aromatic nitrogens is 2. The highest BCUT2D eigenvalue weighted by Gasteiger charge is 2.27. The van der Waals surface area contributed by atoms with Crippen LogP contribution in [-0.2, 0) is 16.1 Å². The summed E-state index contributed by atoms with van der Waals surface area (Å²) in [5.41, 5.74) is 0.900. The van der Waals surface area contributed by atoms with Gasteiger partial charge in [0.25, 0.3) is 0 Å². The van der Waals surface area contributed by atoms with Crippen molar-refractivity contribution in [1.82, 2.24) is 20.0 Å². The molecule has 114 valence electrons. The standard InChI is InChI=1S/C15H22N4O2/c1-11-15(21)18(8-7-14(20)16-11)10-12-6-9-19(17-12)13-4-2-3-5-13/h6,9,11,13H,2-5,7-8,10H2,1H3,(H,16,20). The van der Waals surface area contributed by atoms with Gasteiger partial charge in [-0.25, -0.2) is 0 Å². The summed E-state index contributed by atoms with van der Waals surface area (Å²) in [4.78, 5) is 25.5. The van der Waals surface area contributed by atoms with Crippen LogP contribution < -0.4 is 5.32 Å². The van der Waals surface area contributed by atoms with Crippen LogP contribution in [0.3, 0.4) is 0 Å². The molecule has 1 N–H and O–H groups in total. The maximum atomic E-state index is 12.2. The second-order valence-electron chi connectivity index (χ2n) is 6.02. The summed E-state index contributed by atoms with van der Waals surface area (Å²) >= 11 is 0. The first-order valence-corrected chi connectivity index (χ1v) is 7.75. The second kappa shape index (κ2) is 5.87. The van der Waals surface area contributed by atoms with Gasteiger partial charge >= 0.3 is 0 Å². The van der Waals surface area contributed by atoms with E-state index in [4.69, 9.17) is 0 Å². The minimum atomic E-state index is -0.447. The van der Waals surface area contributed by atoms with Crippen LogP contribution in [0.5, 0.6) is 0 Å². The van der Waals surface area contributed by atoms with Gasteiger partial charge in [0.15, 0.2) is 0 Å². The zero-order chi connectivity index (χ0) is 14.8. The van der Waals surface area contributed by atoms with Gasteiger partial charge in [-0.1, -0.05) is 12.8 Å². The summed E-state index contributed by atoms with van der Waals surface area (Å²) in [5, 5.41) is 7.31. The normalized spacial score (nSPS) is 24.2. The van der Waals surface area contributed by atoms with Crippen LogP contribution in [0.4, 0.5) is 0 Å². The fourth-order valence-electron chi connectivity index (χ4n) is 3.18. The number of hydrogen-bond acceptors (Lipinski definition) is 3. The summed E-state index contributed by atoms with van der Waals surface area (Å²) < 4.78 is 2.04. The Morgan fingerprint density at radius 2 is 2.10 bits per heavy atom. The van der Waals surface area contributed by atoms with Crippen molar-refractivity contribution in [3.05, 3.63) is 18.0 Å². The predicted molar refractivity (Wildman–Crippen MR) is 77.4 cm³/mol. The molecule has 1 aromatic rings. The Labute approximate surface area is 124 Å². The van der Waals surface area contributed by atoms with E-state index in [0.717, 1.165) is 5.69 Å². The molecule has 1 aromatic heterocycles. The van der Waals surface area contributed by atoms with Gasteiger partial charge in [0.1, 0.15) is 6.04 Å². The molecule has 0 aromatic carbocycles. The molecule has 1 atom stereocenters. The summed E-state index contributed by atoms with van der Waals surface area (Å²) in [6.45, 7) is 2.68. The maximum absolute atomic E-state index is 12.2. The van der Waals surface area contributed by atoms with E-state index in [1.807, 2.05) is 16.9 Å². The number of carbonyl (C=O) groups excluding carboxylic acids is 2. The van der Waals surface area contributed by atoms with E-state index in [2.05, 4.69) is 10.4 Å². The molecule has 0 spiro atoms. The Morgan fingerprint density at radius 3 is 2.86 bits per heavy atom. The molecule has 1 aliphatic heterocycles. The molecule has 2 heterocycles. The summed E-state index contributed by atoms with van der Waals surface area (Å²) in [6, 6.07) is 2.05. The van der Waals surface area contributed by atoms with Gasteiger partial charge in [-0.3, -0.25) is 14.3 Å². The first kappa shape index (κ1) is 14.1. The molecule has 0 bridgehead atoms. The van der Waals surface area contributed by atoms with Gasteiger partial charge in [0.2, 0.25) is 11.8 Å². The van der Waals surface area contributed by atoms with Gasteiger partial charge in [0.05, 0.1) is 18.3 Å². The second-order valence-corrected chi connectivity index (χ2v) is 6.02. The number of amides is 2. The largest absolute Gasteiger partial charge is 0.345 e. The Balaban J connectivity index is 1.67. The Hall–Kier alpha value is -1.85. The monoisotopic (exact) mass is 290 g/mol. The number of hydrogen-bond donors (Lipinski definition) is 1. The maximum Gasteiger partial charge on any atom is 0.245 e. The lowest BCUT2D eigenvalue weighted by Gasteiger charge is -2.21. The summed E-state index contributed by atoms with van der Waals surface area (Å²) in [6.07, 6.45) is 7.31. The lowest BCUT2D eigenvalue weighted by atomic mass is 10.3. The average Bonchev–Trinajstić information content (AvgIpc) is 3.10. The topological polar surface area (TPSA) is 67.2 Å². The highest BCUT2D eigenvalue weighted by molar-refractivity contribution is 5.89. The van der Waals surface area contributed by atoms with Crippen molar-refractivity contribution in [3.63, 3.8) is 0 Å². The fraction of sp³-hybridized carbons (Fsp3) is 0.667. The zero-order valence-corrected chi connectivity index (χ0v) is 12.4. The average molecular weight is 290 g/mol. The van der Waals surface area contributed by atoms with E-state index in [1.54, 1.807) is 11.8 Å². The molecule has 2 fully saturated rings. The quantitative estimate of drug-likeness (QED) is 0.910. The van der Waals surface area contributed by atoms with Crippen LogP contribution in [0.1, 0.15) is 50.8 Å². The zero-order valence-electron chi connectivity index (χ0n) is 12.4. The summed E-state index contributed by atoms with van der Waals surface area (Å²) in [7, 11) is 0. The van der Waals surface area contributed by atoms with Gasteiger partial charge in [-0.2, -0.15) is 5.10 Å². The van der Waals surface area contributed by atoms with Gasteiger partial charge in [-0.15, -0.1) is 0 Å². The van der Waals surface area contributed by atoms with Crippen molar-refractivity contribution in [2.45, 2.75) is 57.7 Å². The number of carbonyl (C=O) groups is 2. The third kappa shape index (κ3) is 3.09. The molecule has 2 amide bonds. The van der Waals surface area contributed by atoms with Crippen LogP contribution in [0, 0.1) is 0 Å². The molecule has 1 aliphatic carbocycles. The number of rotatable bonds is 3. The van der Waals surface area contributed by atoms with Gasteiger partial charge in [0, 0.05) is 19.2 Å². The molecule has 2 aliphatic rings. The van der Waals surface area contributed by atoms with Crippen LogP contribution in [-0.4, -0.2) is 39.1 Å². The molecule has 6 nitrogen and oxygen atoms in total. The minimum absolute atomic E-state index is 0.0312. The fourth-order valence-corrected chi connectivity index (χ4v) is 3.18. The SMILES string of the molecule is CC1NC(=O)CCN(Cc2ccn(C3CCCC3)n2)C1=O. The van der Waals surface area contributed by atoms with Crippen molar-refractivity contribution in [1.29, 1.82) is 0 Å². The first-order chi connectivity index (χ1) is 10.1. The van der Waals surface area contributed by atoms with Crippen LogP contribution in [0.15, 0.2) is 12.3 Å². The van der Waals surface area contributed by atoms with Crippen molar-refractivity contribution in [2.75, 3.05) is 6.54 Å².